The summed E-state index contributed by atoms with van der Waals surface area (Å²) in [5, 5.41) is 3.40. The Balaban J connectivity index is 1.82. The molecular formula is C35H37Cl2N3O4S. The Labute approximate surface area is 275 Å². The smallest absolute Gasteiger partial charge is 0.264 e. The Morgan fingerprint density at radius 1 is 0.800 bits per heavy atom. The normalized spacial score (nSPS) is 12.3. The number of sulfonamides is 1. The summed E-state index contributed by atoms with van der Waals surface area (Å²) in [6.45, 7) is 6.95. The summed E-state index contributed by atoms with van der Waals surface area (Å²) < 4.78 is 29.3. The second kappa shape index (κ2) is 14.5. The summed E-state index contributed by atoms with van der Waals surface area (Å²) in [6, 6.07) is 28.5. The van der Waals surface area contributed by atoms with E-state index in [1.165, 1.54) is 35.2 Å². The van der Waals surface area contributed by atoms with Gasteiger partial charge >= 0.3 is 0 Å². The maximum absolute atomic E-state index is 14.5. The van der Waals surface area contributed by atoms with Gasteiger partial charge < -0.3 is 10.2 Å². The van der Waals surface area contributed by atoms with Crippen molar-refractivity contribution in [2.75, 3.05) is 10.8 Å². The molecule has 1 atom stereocenters. The van der Waals surface area contributed by atoms with Gasteiger partial charge in [0.1, 0.15) is 12.6 Å². The number of nitrogens with one attached hydrogen (secondary N) is 1. The molecule has 0 fully saturated rings. The van der Waals surface area contributed by atoms with Gasteiger partial charge in [-0.1, -0.05) is 102 Å². The van der Waals surface area contributed by atoms with Crippen molar-refractivity contribution in [1.82, 2.24) is 10.2 Å². The van der Waals surface area contributed by atoms with Gasteiger partial charge in [-0.05, 0) is 69.2 Å². The first-order chi connectivity index (χ1) is 21.2. The minimum absolute atomic E-state index is 0.00731. The summed E-state index contributed by atoms with van der Waals surface area (Å²) in [5.74, 6) is -0.913. The summed E-state index contributed by atoms with van der Waals surface area (Å²) in [6.07, 6.45) is 0.221. The van der Waals surface area contributed by atoms with Crippen molar-refractivity contribution in [1.29, 1.82) is 0 Å². The van der Waals surface area contributed by atoms with Crippen LogP contribution in [-0.2, 0) is 32.6 Å². The molecule has 1 N–H and O–H groups in total. The zero-order chi connectivity index (χ0) is 32.8. The Morgan fingerprint density at radius 3 is 1.93 bits per heavy atom. The minimum Gasteiger partial charge on any atom is -0.350 e. The lowest BCUT2D eigenvalue weighted by Gasteiger charge is -2.35. The van der Waals surface area contributed by atoms with Crippen molar-refractivity contribution in [2.24, 2.45) is 0 Å². The second-order valence-electron chi connectivity index (χ2n) is 11.9. The number of rotatable bonds is 11. The molecule has 7 nitrogen and oxygen atoms in total. The topological polar surface area (TPSA) is 86.8 Å². The maximum atomic E-state index is 14.5. The van der Waals surface area contributed by atoms with Crippen LogP contribution >= 0.6 is 23.2 Å². The van der Waals surface area contributed by atoms with Crippen molar-refractivity contribution in [3.8, 4) is 0 Å². The molecule has 0 saturated heterocycles. The quantitative estimate of drug-likeness (QED) is 0.186. The SMILES string of the molecule is Cc1ccc(S(=O)(=O)N(CC(=O)N(Cc2ccccc2)C(Cc2ccccc2)C(=O)NC(C)(C)C)c2ccc(Cl)c(Cl)c2)cc1. The molecule has 0 aliphatic carbocycles. The number of halogens is 2. The van der Waals surface area contributed by atoms with E-state index >= 15 is 0 Å². The summed E-state index contributed by atoms with van der Waals surface area (Å²) >= 11 is 12.5. The summed E-state index contributed by atoms with van der Waals surface area (Å²) in [7, 11) is -4.25. The fourth-order valence-electron chi connectivity index (χ4n) is 4.79. The highest BCUT2D eigenvalue weighted by molar-refractivity contribution is 7.92. The van der Waals surface area contributed by atoms with Crippen LogP contribution in [0.15, 0.2) is 108 Å². The highest BCUT2D eigenvalue weighted by Crippen LogP contribution is 2.31. The predicted octanol–water partition coefficient (Wildman–Crippen LogP) is 7.05. The van der Waals surface area contributed by atoms with E-state index in [4.69, 9.17) is 23.2 Å². The van der Waals surface area contributed by atoms with Crippen LogP contribution in [0.4, 0.5) is 5.69 Å². The molecule has 4 aromatic carbocycles. The molecule has 0 aromatic heterocycles. The minimum atomic E-state index is -4.25. The molecule has 0 spiro atoms. The zero-order valence-corrected chi connectivity index (χ0v) is 28.0. The van der Waals surface area contributed by atoms with Crippen LogP contribution in [-0.4, -0.2) is 43.3 Å². The number of benzene rings is 4. The number of aryl methyl sites for hydroxylation is 1. The second-order valence-corrected chi connectivity index (χ2v) is 14.6. The van der Waals surface area contributed by atoms with E-state index in [1.54, 1.807) is 12.1 Å². The molecule has 0 aliphatic rings. The first kappa shape index (κ1) is 34.0. The molecule has 0 saturated carbocycles. The van der Waals surface area contributed by atoms with E-state index in [-0.39, 0.29) is 39.5 Å². The number of nitrogens with zero attached hydrogens (tertiary/aromatic N) is 2. The van der Waals surface area contributed by atoms with Crippen LogP contribution in [0.3, 0.4) is 0 Å². The van der Waals surface area contributed by atoms with Gasteiger partial charge in [0.2, 0.25) is 11.8 Å². The lowest BCUT2D eigenvalue weighted by atomic mass is 10.0. The van der Waals surface area contributed by atoms with Crippen molar-refractivity contribution in [2.45, 2.75) is 57.1 Å². The molecule has 2 amide bonds. The lowest BCUT2D eigenvalue weighted by Crippen LogP contribution is -2.56. The van der Waals surface area contributed by atoms with Crippen molar-refractivity contribution in [3.63, 3.8) is 0 Å². The lowest BCUT2D eigenvalue weighted by molar-refractivity contribution is -0.140. The van der Waals surface area contributed by atoms with Crippen molar-refractivity contribution >= 4 is 50.7 Å². The van der Waals surface area contributed by atoms with Crippen LogP contribution in [0, 0.1) is 6.92 Å². The number of hydrogen-bond acceptors (Lipinski definition) is 4. The molecule has 10 heteroatoms. The molecule has 0 radical (unpaired) electrons. The van der Waals surface area contributed by atoms with E-state index < -0.39 is 34.1 Å². The average Bonchev–Trinajstić information content (AvgIpc) is 2.99. The predicted molar refractivity (Wildman–Crippen MR) is 181 cm³/mol. The van der Waals surface area contributed by atoms with Crippen LogP contribution in [0.2, 0.25) is 10.0 Å². The third kappa shape index (κ3) is 9.10. The zero-order valence-electron chi connectivity index (χ0n) is 25.7. The van der Waals surface area contributed by atoms with Gasteiger partial charge in [0.25, 0.3) is 10.0 Å². The van der Waals surface area contributed by atoms with Crippen LogP contribution in [0.1, 0.15) is 37.5 Å². The number of carbonyl (C=O) groups excluding carboxylic acids is 2. The molecule has 1 unspecified atom stereocenters. The van der Waals surface area contributed by atoms with Gasteiger partial charge in [0.15, 0.2) is 0 Å². The molecular weight excluding hydrogens is 629 g/mol. The number of amides is 2. The Kier molecular flexibility index (Phi) is 11.0. The molecule has 4 rings (SSSR count). The number of carbonyl (C=O) groups is 2. The van der Waals surface area contributed by atoms with Crippen molar-refractivity contribution < 1.29 is 18.0 Å². The van der Waals surface area contributed by atoms with E-state index in [1.807, 2.05) is 88.4 Å². The largest absolute Gasteiger partial charge is 0.350 e. The highest BCUT2D eigenvalue weighted by Gasteiger charge is 2.35. The summed E-state index contributed by atoms with van der Waals surface area (Å²) in [4.78, 5) is 29.9. The molecule has 236 valence electrons. The first-order valence-electron chi connectivity index (χ1n) is 14.5. The van der Waals surface area contributed by atoms with E-state index in [9.17, 15) is 18.0 Å². The fourth-order valence-corrected chi connectivity index (χ4v) is 6.49. The van der Waals surface area contributed by atoms with Crippen molar-refractivity contribution in [3.05, 3.63) is 130 Å². The highest BCUT2D eigenvalue weighted by atomic mass is 35.5. The van der Waals surface area contributed by atoms with Gasteiger partial charge in [0.05, 0.1) is 20.6 Å². The Bertz CT molecular complexity index is 1730. The molecule has 45 heavy (non-hydrogen) atoms. The van der Waals surface area contributed by atoms with E-state index in [0.29, 0.717) is 0 Å². The maximum Gasteiger partial charge on any atom is 0.264 e. The molecule has 4 aromatic rings. The summed E-state index contributed by atoms with van der Waals surface area (Å²) in [5.41, 5.74) is 2.11. The Morgan fingerprint density at radius 2 is 1.38 bits per heavy atom. The number of anilines is 1. The van der Waals surface area contributed by atoms with Crippen LogP contribution < -0.4 is 9.62 Å². The van der Waals surface area contributed by atoms with E-state index in [0.717, 1.165) is 21.0 Å². The third-order valence-corrected chi connectivity index (χ3v) is 9.57. The van der Waals surface area contributed by atoms with Gasteiger partial charge in [-0.2, -0.15) is 0 Å². The Hall–Kier alpha value is -3.85. The molecule has 0 aliphatic heterocycles. The monoisotopic (exact) mass is 665 g/mol. The third-order valence-electron chi connectivity index (χ3n) is 7.04. The van der Waals surface area contributed by atoms with Gasteiger partial charge in [-0.15, -0.1) is 0 Å². The fraction of sp³-hybridized carbons (Fsp3) is 0.257. The average molecular weight is 667 g/mol. The first-order valence-corrected chi connectivity index (χ1v) is 16.7. The number of hydrogen-bond donors (Lipinski definition) is 1. The van der Waals surface area contributed by atoms with Crippen LogP contribution in [0.5, 0.6) is 0 Å². The van der Waals surface area contributed by atoms with Crippen LogP contribution in [0.25, 0.3) is 0 Å². The molecule has 0 bridgehead atoms. The van der Waals surface area contributed by atoms with Gasteiger partial charge in [-0.3, -0.25) is 13.9 Å². The molecule has 0 heterocycles. The van der Waals surface area contributed by atoms with E-state index in [2.05, 4.69) is 5.32 Å². The standard InChI is InChI=1S/C35H37Cl2N3O4S/c1-25-15-18-29(19-16-25)45(43,44)40(28-17-20-30(36)31(37)22-28)24-33(41)39(23-27-13-9-6-10-14-27)32(34(42)38-35(2,3)4)21-26-11-7-5-8-12-26/h5-20,22,32H,21,23-24H2,1-4H3,(H,38,42). The van der Waals surface area contributed by atoms with Gasteiger partial charge in [0, 0.05) is 18.5 Å². The van der Waals surface area contributed by atoms with Gasteiger partial charge in [-0.25, -0.2) is 8.42 Å².